The smallest absolute Gasteiger partial charge is 0.384 e. The third kappa shape index (κ3) is 5.81. The summed E-state index contributed by atoms with van der Waals surface area (Å²) in [6.45, 7) is 3.96. The fourth-order valence-electron chi connectivity index (χ4n) is 1.57. The van der Waals surface area contributed by atoms with Crippen molar-refractivity contribution in [2.24, 2.45) is 0 Å². The summed E-state index contributed by atoms with van der Waals surface area (Å²) in [6.07, 6.45) is -4.19. The normalized spacial score (nSPS) is 11.6. The molecule has 112 valence electrons. The lowest BCUT2D eigenvalue weighted by molar-refractivity contribution is -0.137. The van der Waals surface area contributed by atoms with Crippen molar-refractivity contribution in [3.63, 3.8) is 0 Å². The van der Waals surface area contributed by atoms with Gasteiger partial charge in [-0.3, -0.25) is 4.79 Å². The highest BCUT2D eigenvalue weighted by molar-refractivity contribution is 9.10. The van der Waals surface area contributed by atoms with E-state index in [0.29, 0.717) is 10.2 Å². The molecule has 0 aliphatic rings. The van der Waals surface area contributed by atoms with E-state index in [-0.39, 0.29) is 24.9 Å². The van der Waals surface area contributed by atoms with Crippen molar-refractivity contribution in [1.82, 2.24) is 5.32 Å². The number of halogens is 4. The molecule has 0 atom stereocenters. The van der Waals surface area contributed by atoms with Gasteiger partial charge in [0.25, 0.3) is 0 Å². The fraction of sp³-hybridized carbons (Fsp3) is 0.462. The molecule has 0 spiro atoms. The first kappa shape index (κ1) is 16.8. The van der Waals surface area contributed by atoms with Crippen molar-refractivity contribution in [2.45, 2.75) is 32.5 Å². The Labute approximate surface area is 124 Å². The molecule has 0 aliphatic carbocycles. The predicted molar refractivity (Wildman–Crippen MR) is 75.5 cm³/mol. The third-order valence-electron chi connectivity index (χ3n) is 2.36. The molecule has 20 heavy (non-hydrogen) atoms. The van der Waals surface area contributed by atoms with Gasteiger partial charge in [-0.1, -0.05) is 15.9 Å². The van der Waals surface area contributed by atoms with Crippen LogP contribution in [0.15, 0.2) is 22.7 Å². The highest BCUT2D eigenvalue weighted by Gasteiger charge is 2.31. The molecule has 0 aliphatic heterocycles. The molecule has 0 unspecified atom stereocenters. The summed E-state index contributed by atoms with van der Waals surface area (Å²) in [5.41, 5.74) is -0.412. The third-order valence-corrected chi connectivity index (χ3v) is 2.81. The maximum Gasteiger partial charge on any atom is 0.416 e. The minimum atomic E-state index is -4.39. The molecule has 2 N–H and O–H groups in total. The molecule has 0 fully saturated rings. The van der Waals surface area contributed by atoms with E-state index >= 15 is 0 Å². The van der Waals surface area contributed by atoms with Crippen molar-refractivity contribution in [1.29, 1.82) is 0 Å². The highest BCUT2D eigenvalue weighted by Crippen LogP contribution is 2.33. The summed E-state index contributed by atoms with van der Waals surface area (Å²) in [5, 5.41) is 5.52. The number of benzene rings is 1. The molecular weight excluding hydrogens is 337 g/mol. The van der Waals surface area contributed by atoms with Crippen LogP contribution in [-0.2, 0) is 11.0 Å². The Morgan fingerprint density at radius 3 is 2.50 bits per heavy atom. The van der Waals surface area contributed by atoms with Gasteiger partial charge in [-0.05, 0) is 32.0 Å². The van der Waals surface area contributed by atoms with Crippen molar-refractivity contribution >= 4 is 27.5 Å². The molecule has 0 radical (unpaired) electrons. The quantitative estimate of drug-likeness (QED) is 0.846. The van der Waals surface area contributed by atoms with Gasteiger partial charge in [-0.2, -0.15) is 13.2 Å². The zero-order valence-electron chi connectivity index (χ0n) is 11.1. The predicted octanol–water partition coefficient (Wildman–Crippen LogP) is 3.79. The van der Waals surface area contributed by atoms with Crippen LogP contribution in [-0.4, -0.2) is 18.5 Å². The Kier molecular flexibility index (Phi) is 5.86. The first-order valence-electron chi connectivity index (χ1n) is 6.09. The van der Waals surface area contributed by atoms with E-state index in [1.165, 1.54) is 6.07 Å². The number of alkyl halides is 3. The first-order chi connectivity index (χ1) is 9.18. The van der Waals surface area contributed by atoms with Gasteiger partial charge in [0.1, 0.15) is 0 Å². The lowest BCUT2D eigenvalue weighted by atomic mass is 10.2. The van der Waals surface area contributed by atoms with Gasteiger partial charge in [-0.25, -0.2) is 0 Å². The van der Waals surface area contributed by atoms with Gasteiger partial charge in [0.15, 0.2) is 0 Å². The van der Waals surface area contributed by atoms with Crippen molar-refractivity contribution in [2.75, 3.05) is 11.9 Å². The van der Waals surface area contributed by atoms with E-state index in [2.05, 4.69) is 26.6 Å². The first-order valence-corrected chi connectivity index (χ1v) is 6.89. The lowest BCUT2D eigenvalue weighted by Gasteiger charge is -2.12. The maximum atomic E-state index is 12.6. The molecule has 7 heteroatoms. The number of nitrogens with one attached hydrogen (secondary N) is 2. The number of rotatable bonds is 5. The number of carbonyl (C=O) groups excluding carboxylic acids is 1. The Hall–Kier alpha value is -1.24. The summed E-state index contributed by atoms with van der Waals surface area (Å²) in [7, 11) is 0. The molecule has 0 saturated carbocycles. The van der Waals surface area contributed by atoms with Crippen LogP contribution in [0.2, 0.25) is 0 Å². The molecule has 1 amide bonds. The van der Waals surface area contributed by atoms with Crippen LogP contribution in [0.5, 0.6) is 0 Å². The summed E-state index contributed by atoms with van der Waals surface area (Å²) >= 11 is 3.04. The van der Waals surface area contributed by atoms with Crippen LogP contribution in [0, 0.1) is 0 Å². The molecular formula is C13H16BrF3N2O. The molecule has 0 bridgehead atoms. The van der Waals surface area contributed by atoms with E-state index in [0.717, 1.165) is 12.1 Å². The van der Waals surface area contributed by atoms with Gasteiger partial charge in [0.2, 0.25) is 5.91 Å². The molecule has 1 aromatic rings. The van der Waals surface area contributed by atoms with Crippen LogP contribution in [0.3, 0.4) is 0 Å². The molecule has 3 nitrogen and oxygen atoms in total. The Bertz CT molecular complexity index is 475. The minimum absolute atomic E-state index is 0.0465. The summed E-state index contributed by atoms with van der Waals surface area (Å²) < 4.78 is 38.2. The van der Waals surface area contributed by atoms with Crippen molar-refractivity contribution in [3.8, 4) is 0 Å². The van der Waals surface area contributed by atoms with Crippen LogP contribution in [0.25, 0.3) is 0 Å². The molecule has 0 aromatic heterocycles. The number of carbonyl (C=O) groups is 1. The van der Waals surface area contributed by atoms with Crippen LogP contribution in [0.1, 0.15) is 25.8 Å². The summed E-state index contributed by atoms with van der Waals surface area (Å²) in [5.74, 6) is -0.140. The van der Waals surface area contributed by atoms with E-state index in [1.54, 1.807) is 0 Å². The van der Waals surface area contributed by atoms with Crippen LogP contribution < -0.4 is 10.6 Å². The number of hydrogen-bond donors (Lipinski definition) is 2. The molecule has 0 saturated heterocycles. The van der Waals surface area contributed by atoms with Gasteiger partial charge in [0.05, 0.1) is 5.56 Å². The maximum absolute atomic E-state index is 12.6. The SMILES string of the molecule is CC(C)NC(=O)CCNc1cc(Br)cc(C(F)(F)F)c1. The summed E-state index contributed by atoms with van der Waals surface area (Å²) in [4.78, 5) is 11.4. The Morgan fingerprint density at radius 2 is 1.95 bits per heavy atom. The number of hydrogen-bond acceptors (Lipinski definition) is 2. The number of anilines is 1. The lowest BCUT2D eigenvalue weighted by Crippen LogP contribution is -2.31. The topological polar surface area (TPSA) is 41.1 Å². The second-order valence-corrected chi connectivity index (χ2v) is 5.54. The zero-order valence-corrected chi connectivity index (χ0v) is 12.7. The largest absolute Gasteiger partial charge is 0.416 e. The monoisotopic (exact) mass is 352 g/mol. The minimum Gasteiger partial charge on any atom is -0.384 e. The number of amides is 1. The van der Waals surface area contributed by atoms with Crippen molar-refractivity contribution < 1.29 is 18.0 Å². The van der Waals surface area contributed by atoms with Gasteiger partial charge < -0.3 is 10.6 Å². The van der Waals surface area contributed by atoms with E-state index in [9.17, 15) is 18.0 Å². The van der Waals surface area contributed by atoms with Gasteiger partial charge >= 0.3 is 6.18 Å². The molecule has 0 heterocycles. The van der Waals surface area contributed by atoms with E-state index in [4.69, 9.17) is 0 Å². The fourth-order valence-corrected chi connectivity index (χ4v) is 2.06. The van der Waals surface area contributed by atoms with Gasteiger partial charge in [-0.15, -0.1) is 0 Å². The average Bonchev–Trinajstić information content (AvgIpc) is 2.25. The Balaban J connectivity index is 2.61. The van der Waals surface area contributed by atoms with Crippen LogP contribution >= 0.6 is 15.9 Å². The molecule has 1 aromatic carbocycles. The van der Waals surface area contributed by atoms with Crippen molar-refractivity contribution in [3.05, 3.63) is 28.2 Å². The average molecular weight is 353 g/mol. The summed E-state index contributed by atoms with van der Waals surface area (Å²) in [6, 6.07) is 3.61. The second-order valence-electron chi connectivity index (χ2n) is 4.63. The highest BCUT2D eigenvalue weighted by atomic mass is 79.9. The van der Waals surface area contributed by atoms with Gasteiger partial charge in [0, 0.05) is 29.2 Å². The Morgan fingerprint density at radius 1 is 1.30 bits per heavy atom. The van der Waals surface area contributed by atoms with E-state index < -0.39 is 11.7 Å². The second kappa shape index (κ2) is 6.97. The van der Waals surface area contributed by atoms with E-state index in [1.807, 2.05) is 13.8 Å². The van der Waals surface area contributed by atoms with Crippen LogP contribution in [0.4, 0.5) is 18.9 Å². The zero-order chi connectivity index (χ0) is 15.3. The standard InChI is InChI=1S/C13H16BrF3N2O/c1-8(2)19-12(20)3-4-18-11-6-9(13(15,16)17)5-10(14)7-11/h5-8,18H,3-4H2,1-2H3,(H,19,20). The molecule has 1 rings (SSSR count).